The van der Waals surface area contributed by atoms with Gasteiger partial charge in [0, 0.05) is 12.3 Å². The van der Waals surface area contributed by atoms with E-state index in [0.717, 1.165) is 24.2 Å². The first-order chi connectivity index (χ1) is 9.20. The number of carbonyl (C=O) groups is 1. The molecular formula is C17H26O2. The Labute approximate surface area is 116 Å². The van der Waals surface area contributed by atoms with Crippen molar-refractivity contribution in [1.82, 2.24) is 0 Å². The highest BCUT2D eigenvalue weighted by molar-refractivity contribution is 5.82. The van der Waals surface area contributed by atoms with Crippen molar-refractivity contribution in [3.05, 3.63) is 0 Å². The van der Waals surface area contributed by atoms with Crippen LogP contribution in [0.1, 0.15) is 57.8 Å². The van der Waals surface area contributed by atoms with E-state index in [1.807, 2.05) is 0 Å². The fraction of sp³-hybridized carbons (Fsp3) is 0.941. The zero-order valence-corrected chi connectivity index (χ0v) is 11.8. The van der Waals surface area contributed by atoms with E-state index >= 15 is 0 Å². The quantitative estimate of drug-likeness (QED) is 0.845. The minimum atomic E-state index is -0.332. The maximum Gasteiger partial charge on any atom is 0.138 e. The summed E-state index contributed by atoms with van der Waals surface area (Å²) in [5, 5.41) is 10.5. The molecule has 0 aromatic heterocycles. The van der Waals surface area contributed by atoms with E-state index in [4.69, 9.17) is 0 Å². The molecule has 0 aromatic rings. The Morgan fingerprint density at radius 1 is 0.947 bits per heavy atom. The molecule has 4 aliphatic carbocycles. The summed E-state index contributed by atoms with van der Waals surface area (Å²) >= 11 is 0. The van der Waals surface area contributed by atoms with Crippen LogP contribution in [-0.4, -0.2) is 17.0 Å². The van der Waals surface area contributed by atoms with Crippen molar-refractivity contribution in [3.63, 3.8) is 0 Å². The molecule has 7 unspecified atom stereocenters. The van der Waals surface area contributed by atoms with Crippen LogP contribution in [0.5, 0.6) is 0 Å². The lowest BCUT2D eigenvalue weighted by Gasteiger charge is -2.28. The van der Waals surface area contributed by atoms with Gasteiger partial charge in [0.2, 0.25) is 0 Å². The molecule has 1 N–H and O–H groups in total. The standard InChI is InChI=1S/C17H26O2/c18-16(14-7-10-1-3-12(14)5-10)9-17(19)15-8-11-2-4-13(15)6-11/h10-16,18H,1-9H2. The Hall–Kier alpha value is -0.370. The molecule has 0 spiro atoms. The van der Waals surface area contributed by atoms with Gasteiger partial charge in [-0.1, -0.05) is 12.8 Å². The molecule has 19 heavy (non-hydrogen) atoms. The number of rotatable bonds is 4. The van der Waals surface area contributed by atoms with Gasteiger partial charge in [-0.05, 0) is 68.1 Å². The zero-order chi connectivity index (χ0) is 13.0. The molecule has 4 fully saturated rings. The van der Waals surface area contributed by atoms with Crippen molar-refractivity contribution in [2.75, 3.05) is 0 Å². The SMILES string of the molecule is O=C(CC(O)C1CC2CCC1C2)C1CC2CCC1C2. The molecule has 7 atom stereocenters. The van der Waals surface area contributed by atoms with Crippen molar-refractivity contribution in [1.29, 1.82) is 0 Å². The van der Waals surface area contributed by atoms with Gasteiger partial charge in [-0.15, -0.1) is 0 Å². The van der Waals surface area contributed by atoms with E-state index in [2.05, 4.69) is 0 Å². The monoisotopic (exact) mass is 262 g/mol. The van der Waals surface area contributed by atoms with Gasteiger partial charge in [0.25, 0.3) is 0 Å². The second kappa shape index (κ2) is 4.58. The van der Waals surface area contributed by atoms with Crippen molar-refractivity contribution in [3.8, 4) is 0 Å². The predicted octanol–water partition coefficient (Wildman–Crippen LogP) is 3.18. The smallest absolute Gasteiger partial charge is 0.138 e. The number of hydrogen-bond acceptors (Lipinski definition) is 2. The largest absolute Gasteiger partial charge is 0.392 e. The number of carbonyl (C=O) groups excluding carboxylic acids is 1. The number of ketones is 1. The van der Waals surface area contributed by atoms with Crippen LogP contribution in [0, 0.1) is 35.5 Å². The summed E-state index contributed by atoms with van der Waals surface area (Å²) in [5.41, 5.74) is 0. The molecule has 4 rings (SSSR count). The lowest BCUT2D eigenvalue weighted by molar-refractivity contribution is -0.127. The van der Waals surface area contributed by atoms with E-state index in [1.165, 1.54) is 44.9 Å². The molecule has 0 radical (unpaired) electrons. The molecule has 0 aromatic carbocycles. The van der Waals surface area contributed by atoms with Gasteiger partial charge >= 0.3 is 0 Å². The molecule has 0 saturated heterocycles. The third-order valence-corrected chi connectivity index (χ3v) is 6.85. The molecule has 106 valence electrons. The van der Waals surface area contributed by atoms with Gasteiger partial charge in [0.1, 0.15) is 5.78 Å². The molecular weight excluding hydrogens is 236 g/mol. The Balaban J connectivity index is 1.35. The van der Waals surface area contributed by atoms with Crippen LogP contribution >= 0.6 is 0 Å². The molecule has 0 heterocycles. The minimum Gasteiger partial charge on any atom is -0.392 e. The first-order valence-corrected chi connectivity index (χ1v) is 8.41. The Bertz CT molecular complexity index is 377. The topological polar surface area (TPSA) is 37.3 Å². The van der Waals surface area contributed by atoms with Crippen molar-refractivity contribution in [2.24, 2.45) is 35.5 Å². The molecule has 2 heteroatoms. The van der Waals surface area contributed by atoms with E-state index in [-0.39, 0.29) is 6.10 Å². The summed E-state index contributed by atoms with van der Waals surface area (Å²) in [6.07, 6.45) is 10.4. The highest BCUT2D eigenvalue weighted by atomic mass is 16.3. The van der Waals surface area contributed by atoms with Gasteiger partial charge in [0.15, 0.2) is 0 Å². The van der Waals surface area contributed by atoms with Crippen molar-refractivity contribution >= 4 is 5.78 Å². The third-order valence-electron chi connectivity index (χ3n) is 6.85. The number of hydrogen-bond donors (Lipinski definition) is 1. The lowest BCUT2D eigenvalue weighted by Crippen LogP contribution is -2.31. The normalized spacial score (nSPS) is 48.9. The summed E-state index contributed by atoms with van der Waals surface area (Å²) in [7, 11) is 0. The number of aliphatic hydroxyl groups is 1. The van der Waals surface area contributed by atoms with Gasteiger partial charge in [0.05, 0.1) is 6.10 Å². The number of fused-ring (bicyclic) bond motifs is 4. The third kappa shape index (κ3) is 2.07. The summed E-state index contributed by atoms with van der Waals surface area (Å²) in [5.74, 6) is 4.24. The van der Waals surface area contributed by atoms with Crippen LogP contribution in [0.2, 0.25) is 0 Å². The van der Waals surface area contributed by atoms with Crippen LogP contribution in [0.15, 0.2) is 0 Å². The fourth-order valence-electron chi connectivity index (χ4n) is 5.91. The lowest BCUT2D eigenvalue weighted by atomic mass is 9.79. The summed E-state index contributed by atoms with van der Waals surface area (Å²) in [6.45, 7) is 0. The molecule has 4 aliphatic rings. The van der Waals surface area contributed by atoms with Gasteiger partial charge in [-0.25, -0.2) is 0 Å². The average Bonchev–Trinajstić information content (AvgIpc) is 3.17. The van der Waals surface area contributed by atoms with E-state index in [0.29, 0.717) is 30.0 Å². The maximum absolute atomic E-state index is 12.4. The summed E-state index contributed by atoms with van der Waals surface area (Å²) < 4.78 is 0. The molecule has 4 saturated carbocycles. The first-order valence-electron chi connectivity index (χ1n) is 8.41. The van der Waals surface area contributed by atoms with Gasteiger partial charge < -0.3 is 5.11 Å². The molecule has 4 bridgehead atoms. The van der Waals surface area contributed by atoms with Crippen LogP contribution in [0.25, 0.3) is 0 Å². The first kappa shape index (κ1) is 12.4. The summed E-state index contributed by atoms with van der Waals surface area (Å²) in [6, 6.07) is 0. The van der Waals surface area contributed by atoms with Gasteiger partial charge in [-0.3, -0.25) is 4.79 Å². The Kier molecular flexibility index (Phi) is 2.98. The predicted molar refractivity (Wildman–Crippen MR) is 73.5 cm³/mol. The average molecular weight is 262 g/mol. The second-order valence-corrected chi connectivity index (χ2v) is 7.86. The van der Waals surface area contributed by atoms with E-state index in [9.17, 15) is 9.90 Å². The zero-order valence-electron chi connectivity index (χ0n) is 11.8. The van der Waals surface area contributed by atoms with E-state index < -0.39 is 0 Å². The highest BCUT2D eigenvalue weighted by Crippen LogP contribution is 2.51. The van der Waals surface area contributed by atoms with Crippen LogP contribution < -0.4 is 0 Å². The van der Waals surface area contributed by atoms with Crippen LogP contribution in [0.3, 0.4) is 0 Å². The fourth-order valence-corrected chi connectivity index (χ4v) is 5.91. The van der Waals surface area contributed by atoms with Crippen molar-refractivity contribution < 1.29 is 9.90 Å². The van der Waals surface area contributed by atoms with Gasteiger partial charge in [-0.2, -0.15) is 0 Å². The molecule has 2 nitrogen and oxygen atoms in total. The molecule has 0 amide bonds. The van der Waals surface area contributed by atoms with E-state index in [1.54, 1.807) is 0 Å². The highest BCUT2D eigenvalue weighted by Gasteiger charge is 2.46. The van der Waals surface area contributed by atoms with Crippen LogP contribution in [0.4, 0.5) is 0 Å². The molecule has 0 aliphatic heterocycles. The Morgan fingerprint density at radius 3 is 2.16 bits per heavy atom. The summed E-state index contributed by atoms with van der Waals surface area (Å²) in [4.78, 5) is 12.4. The maximum atomic E-state index is 12.4. The number of Topliss-reactive ketones (excluding diaryl/α,β-unsaturated/α-hetero) is 1. The minimum absolute atomic E-state index is 0.312. The van der Waals surface area contributed by atoms with Crippen molar-refractivity contribution in [2.45, 2.75) is 63.9 Å². The second-order valence-electron chi connectivity index (χ2n) is 7.86. The number of aliphatic hydroxyl groups excluding tert-OH is 1. The van der Waals surface area contributed by atoms with Crippen LogP contribution in [-0.2, 0) is 4.79 Å². The Morgan fingerprint density at radius 2 is 1.63 bits per heavy atom.